The van der Waals surface area contributed by atoms with E-state index in [1.54, 1.807) is 36.4 Å². The number of carbonyl (C=O) groups excluding carboxylic acids is 1. The Morgan fingerprint density at radius 3 is 2.20 bits per heavy atom. The van der Waals surface area contributed by atoms with Gasteiger partial charge >= 0.3 is 0 Å². The van der Waals surface area contributed by atoms with Crippen LogP contribution in [0.15, 0.2) is 73.1 Å². The Labute approximate surface area is 205 Å². The molecule has 1 N–H and O–H groups in total. The van der Waals surface area contributed by atoms with Crippen LogP contribution in [0.3, 0.4) is 0 Å². The Morgan fingerprint density at radius 1 is 0.914 bits per heavy atom. The number of nitrogens with one attached hydrogen (secondary N) is 1. The minimum absolute atomic E-state index is 0.136. The molecule has 1 aromatic heterocycles. The van der Waals surface area contributed by atoms with Gasteiger partial charge in [0.15, 0.2) is 0 Å². The summed E-state index contributed by atoms with van der Waals surface area (Å²) in [4.78, 5) is 20.4. The average molecular weight is 496 g/mol. The monoisotopic (exact) mass is 495 g/mol. The lowest BCUT2D eigenvalue weighted by Crippen LogP contribution is -2.13. The lowest BCUT2D eigenvalue weighted by atomic mass is 9.95. The first-order valence-electron chi connectivity index (χ1n) is 10.9. The van der Waals surface area contributed by atoms with Crippen LogP contribution < -0.4 is 5.32 Å². The summed E-state index contributed by atoms with van der Waals surface area (Å²) in [5.41, 5.74) is 3.07. The van der Waals surface area contributed by atoms with E-state index in [4.69, 9.17) is 11.6 Å². The molecule has 0 bridgehead atoms. The van der Waals surface area contributed by atoms with Crippen molar-refractivity contribution in [2.45, 2.75) is 26.2 Å². The summed E-state index contributed by atoms with van der Waals surface area (Å²) in [5.74, 6) is -3.84. The van der Waals surface area contributed by atoms with Crippen LogP contribution in [-0.2, 0) is 10.7 Å². The Bertz CT molecular complexity index is 1390. The topological polar surface area (TPSA) is 54.9 Å². The predicted molar refractivity (Wildman–Crippen MR) is 132 cm³/mol. The predicted octanol–water partition coefficient (Wildman–Crippen LogP) is 7.73. The normalized spacial score (nSPS) is 11.4. The van der Waals surface area contributed by atoms with E-state index in [1.807, 2.05) is 0 Å². The highest BCUT2D eigenvalue weighted by Gasteiger charge is 2.29. The fourth-order valence-corrected chi connectivity index (χ4v) is 3.91. The molecule has 0 aliphatic carbocycles. The quantitative estimate of drug-likeness (QED) is 0.298. The van der Waals surface area contributed by atoms with Crippen LogP contribution in [0.2, 0.25) is 5.02 Å². The molecule has 8 heteroatoms. The summed E-state index contributed by atoms with van der Waals surface area (Å²) < 4.78 is 43.3. The molecule has 0 radical (unpaired) electrons. The minimum atomic E-state index is -3.00. The Morgan fingerprint density at radius 2 is 1.57 bits per heavy atom. The molecule has 35 heavy (non-hydrogen) atoms. The van der Waals surface area contributed by atoms with Crippen molar-refractivity contribution in [3.8, 4) is 33.6 Å². The molecule has 1 heterocycles. The van der Waals surface area contributed by atoms with Gasteiger partial charge in [-0.15, -0.1) is 0 Å². The highest BCUT2D eigenvalue weighted by Crippen LogP contribution is 2.38. The van der Waals surface area contributed by atoms with Crippen LogP contribution in [0.25, 0.3) is 33.6 Å². The van der Waals surface area contributed by atoms with Gasteiger partial charge < -0.3 is 5.32 Å². The molecule has 0 saturated carbocycles. The highest BCUT2D eigenvalue weighted by molar-refractivity contribution is 6.30. The fraction of sp³-hybridized carbons (Fsp3) is 0.148. The van der Waals surface area contributed by atoms with Crippen molar-refractivity contribution in [1.82, 2.24) is 9.97 Å². The lowest BCUT2D eigenvalue weighted by molar-refractivity contribution is -0.114. The van der Waals surface area contributed by atoms with Crippen LogP contribution >= 0.6 is 11.6 Å². The largest absolute Gasteiger partial charge is 0.326 e. The maximum Gasteiger partial charge on any atom is 0.273 e. The first kappa shape index (κ1) is 24.4. The van der Waals surface area contributed by atoms with E-state index in [-0.39, 0.29) is 28.5 Å². The molecule has 4 rings (SSSR count). The molecule has 3 aromatic carbocycles. The second-order valence-electron chi connectivity index (χ2n) is 7.95. The SMILES string of the molecule is CCC(F)(F)c1ccc(NC(C)=O)c(-c2ccc(-c3nccnc3-c3ccc(Cl)cc3F)cc2)c1. The molecule has 0 fully saturated rings. The summed E-state index contributed by atoms with van der Waals surface area (Å²) in [6.45, 7) is 2.77. The van der Waals surface area contributed by atoms with Gasteiger partial charge in [-0.05, 0) is 35.9 Å². The van der Waals surface area contributed by atoms with Gasteiger partial charge in [0.25, 0.3) is 5.92 Å². The second kappa shape index (κ2) is 9.88. The van der Waals surface area contributed by atoms with Crippen LogP contribution in [-0.4, -0.2) is 15.9 Å². The molecule has 0 unspecified atom stereocenters. The van der Waals surface area contributed by atoms with Crippen molar-refractivity contribution >= 4 is 23.2 Å². The third kappa shape index (κ3) is 5.20. The van der Waals surface area contributed by atoms with E-state index in [0.717, 1.165) is 0 Å². The van der Waals surface area contributed by atoms with Crippen molar-refractivity contribution in [3.05, 3.63) is 89.5 Å². The van der Waals surface area contributed by atoms with Gasteiger partial charge in [0.05, 0.1) is 11.4 Å². The summed E-state index contributed by atoms with van der Waals surface area (Å²) in [5, 5.41) is 2.97. The van der Waals surface area contributed by atoms with Crippen LogP contribution in [0, 0.1) is 5.82 Å². The lowest BCUT2D eigenvalue weighted by Gasteiger charge is -2.18. The second-order valence-corrected chi connectivity index (χ2v) is 8.39. The number of carbonyl (C=O) groups is 1. The number of rotatable bonds is 6. The summed E-state index contributed by atoms with van der Waals surface area (Å²) in [6.07, 6.45) is 2.63. The van der Waals surface area contributed by atoms with Gasteiger partial charge in [-0.25, -0.2) is 13.2 Å². The summed E-state index contributed by atoms with van der Waals surface area (Å²) in [7, 11) is 0. The third-order valence-corrected chi connectivity index (χ3v) is 5.79. The maximum absolute atomic E-state index is 14.6. The number of anilines is 1. The molecule has 0 atom stereocenters. The summed E-state index contributed by atoms with van der Waals surface area (Å²) in [6, 6.07) is 15.5. The fourth-order valence-electron chi connectivity index (χ4n) is 3.75. The molecular formula is C27H21ClF3N3O. The molecule has 178 valence electrons. The van der Waals surface area contributed by atoms with Crippen LogP contribution in [0.1, 0.15) is 25.8 Å². The molecule has 0 spiro atoms. The standard InChI is InChI=1S/C27H21ClF3N3O/c1-3-27(30,31)19-8-11-24(34-16(2)35)22(14-19)17-4-6-18(7-5-17)25-26(33-13-12-32-25)21-10-9-20(28)15-23(21)29/h4-15H,3H2,1-2H3,(H,34,35). The molecule has 0 saturated heterocycles. The van der Waals surface area contributed by atoms with Gasteiger partial charge in [0.2, 0.25) is 5.91 Å². The number of hydrogen-bond acceptors (Lipinski definition) is 3. The van der Waals surface area contributed by atoms with E-state index in [9.17, 15) is 18.0 Å². The number of hydrogen-bond donors (Lipinski definition) is 1. The van der Waals surface area contributed by atoms with Gasteiger partial charge in [-0.3, -0.25) is 14.8 Å². The molecule has 1 amide bonds. The van der Waals surface area contributed by atoms with E-state index in [2.05, 4.69) is 15.3 Å². The average Bonchev–Trinajstić information content (AvgIpc) is 2.84. The highest BCUT2D eigenvalue weighted by atomic mass is 35.5. The van der Waals surface area contributed by atoms with Crippen molar-refractivity contribution in [1.29, 1.82) is 0 Å². The maximum atomic E-state index is 14.6. The molecule has 0 aliphatic heterocycles. The number of aromatic nitrogens is 2. The molecule has 4 aromatic rings. The van der Waals surface area contributed by atoms with Crippen LogP contribution in [0.5, 0.6) is 0 Å². The minimum Gasteiger partial charge on any atom is -0.326 e. The van der Waals surface area contributed by atoms with Gasteiger partial charge in [0.1, 0.15) is 5.82 Å². The number of nitrogens with zero attached hydrogens (tertiary/aromatic N) is 2. The Balaban J connectivity index is 1.78. The van der Waals surface area contributed by atoms with E-state index >= 15 is 0 Å². The molecule has 4 nitrogen and oxygen atoms in total. The van der Waals surface area contributed by atoms with E-state index in [1.165, 1.54) is 50.5 Å². The van der Waals surface area contributed by atoms with Gasteiger partial charge in [-0.1, -0.05) is 48.9 Å². The number of amides is 1. The Kier molecular flexibility index (Phi) is 6.89. The zero-order chi connectivity index (χ0) is 25.2. The van der Waals surface area contributed by atoms with Crippen LogP contribution in [0.4, 0.5) is 18.9 Å². The molecule has 0 aliphatic rings. The number of alkyl halides is 2. The van der Waals surface area contributed by atoms with Crippen molar-refractivity contribution in [3.63, 3.8) is 0 Å². The smallest absolute Gasteiger partial charge is 0.273 e. The van der Waals surface area contributed by atoms with E-state index in [0.29, 0.717) is 33.8 Å². The number of halogens is 4. The van der Waals surface area contributed by atoms with Gasteiger partial charge in [-0.2, -0.15) is 0 Å². The van der Waals surface area contributed by atoms with Gasteiger partial charge in [0, 0.05) is 58.7 Å². The Hall–Kier alpha value is -3.71. The molecular weight excluding hydrogens is 475 g/mol. The zero-order valence-electron chi connectivity index (χ0n) is 18.9. The number of benzene rings is 3. The first-order valence-corrected chi connectivity index (χ1v) is 11.2. The van der Waals surface area contributed by atoms with Crippen molar-refractivity contribution < 1.29 is 18.0 Å². The first-order chi connectivity index (χ1) is 16.7. The zero-order valence-corrected chi connectivity index (χ0v) is 19.7. The third-order valence-electron chi connectivity index (χ3n) is 5.55. The summed E-state index contributed by atoms with van der Waals surface area (Å²) >= 11 is 5.88. The van der Waals surface area contributed by atoms with Crippen molar-refractivity contribution in [2.75, 3.05) is 5.32 Å². The van der Waals surface area contributed by atoms with E-state index < -0.39 is 11.7 Å². The van der Waals surface area contributed by atoms with Crippen molar-refractivity contribution in [2.24, 2.45) is 0 Å².